The molecule has 1 unspecified atom stereocenters. The van der Waals surface area contributed by atoms with Gasteiger partial charge in [-0.2, -0.15) is 0 Å². The molecule has 0 aromatic rings. The fourth-order valence-electron chi connectivity index (χ4n) is 6.58. The third kappa shape index (κ3) is 45.7. The minimum atomic E-state index is -0.821. The SMILES string of the molecule is CC\C=C/C=C\C=C/C=C\C=C/CCCC(=O)OC(COC(=O)CCCCC/C=C\C=C/CCCCCCCCC)COC(=O)CCCCCCCCCCCCCCC. The van der Waals surface area contributed by atoms with Crippen LogP contribution in [0.25, 0.3) is 0 Å². The van der Waals surface area contributed by atoms with Crippen LogP contribution in [-0.2, 0) is 28.6 Å². The van der Waals surface area contributed by atoms with Crippen LogP contribution in [0, 0.1) is 0 Å². The standard InChI is InChI=1S/C54H90O6/c1-4-7-10-13-16-19-22-25-26-27-30-32-35-38-41-44-47-53(56)59-50-51(60-54(57)48-45-42-39-36-33-29-24-21-18-15-12-9-6-3)49-58-52(55)46-43-40-37-34-31-28-23-20-17-14-11-8-5-2/h9,12,15,18,21,24,26-27,29-30,32-33,36,39,51H,4-8,10-11,13-14,16-17,19-20,22-23,25,28,31,34-35,37-38,40-50H2,1-3H3/b12-9-,18-15-,24-21-,27-26-,32-30-,33-29-,39-36-. The fourth-order valence-corrected chi connectivity index (χ4v) is 6.58. The van der Waals surface area contributed by atoms with Gasteiger partial charge in [-0.1, -0.05) is 228 Å². The normalized spacial score (nSPS) is 12.8. The lowest BCUT2D eigenvalue weighted by molar-refractivity contribution is -0.167. The lowest BCUT2D eigenvalue weighted by Crippen LogP contribution is -2.30. The summed E-state index contributed by atoms with van der Waals surface area (Å²) in [6.45, 7) is 6.39. The summed E-state index contributed by atoms with van der Waals surface area (Å²) in [5.41, 5.74) is 0. The topological polar surface area (TPSA) is 78.9 Å². The molecule has 0 aliphatic carbocycles. The smallest absolute Gasteiger partial charge is 0.306 e. The van der Waals surface area contributed by atoms with Crippen molar-refractivity contribution in [1.82, 2.24) is 0 Å². The first-order valence-electron chi connectivity index (χ1n) is 24.7. The number of carbonyl (C=O) groups is 3. The average Bonchev–Trinajstić information content (AvgIpc) is 3.24. The molecule has 0 radical (unpaired) electrons. The van der Waals surface area contributed by atoms with Crippen molar-refractivity contribution in [2.75, 3.05) is 13.2 Å². The molecule has 0 aliphatic heterocycles. The summed E-state index contributed by atoms with van der Waals surface area (Å²) >= 11 is 0. The Morgan fingerprint density at radius 3 is 1.10 bits per heavy atom. The van der Waals surface area contributed by atoms with Crippen LogP contribution in [0.1, 0.15) is 220 Å². The van der Waals surface area contributed by atoms with Gasteiger partial charge < -0.3 is 14.2 Å². The predicted molar refractivity (Wildman–Crippen MR) is 256 cm³/mol. The molecule has 0 rings (SSSR count). The Morgan fingerprint density at radius 1 is 0.350 bits per heavy atom. The summed E-state index contributed by atoms with van der Waals surface area (Å²) in [6.07, 6.45) is 61.5. The minimum absolute atomic E-state index is 0.113. The molecule has 0 N–H and O–H groups in total. The highest BCUT2D eigenvalue weighted by atomic mass is 16.6. The number of allylic oxidation sites excluding steroid dienone is 14. The second-order valence-corrected chi connectivity index (χ2v) is 16.1. The molecule has 342 valence electrons. The number of esters is 3. The third-order valence-corrected chi connectivity index (χ3v) is 10.3. The number of hydrogen-bond donors (Lipinski definition) is 0. The van der Waals surface area contributed by atoms with Crippen LogP contribution < -0.4 is 0 Å². The number of rotatable bonds is 43. The molecule has 0 aromatic carbocycles. The zero-order valence-corrected chi connectivity index (χ0v) is 38.9. The molecule has 6 heteroatoms. The quantitative estimate of drug-likeness (QED) is 0.0263. The van der Waals surface area contributed by atoms with E-state index in [4.69, 9.17) is 14.2 Å². The van der Waals surface area contributed by atoms with E-state index in [9.17, 15) is 14.4 Å². The Labute approximate surface area is 369 Å². The van der Waals surface area contributed by atoms with Gasteiger partial charge in [0.05, 0.1) is 0 Å². The van der Waals surface area contributed by atoms with E-state index in [1.807, 2.05) is 54.7 Å². The maximum absolute atomic E-state index is 12.7. The van der Waals surface area contributed by atoms with Crippen molar-refractivity contribution in [2.45, 2.75) is 226 Å². The fraction of sp³-hybridized carbons (Fsp3) is 0.685. The summed E-state index contributed by atoms with van der Waals surface area (Å²) in [5, 5.41) is 0. The summed E-state index contributed by atoms with van der Waals surface area (Å²) in [5.74, 6) is -1.02. The van der Waals surface area contributed by atoms with Crippen molar-refractivity contribution in [3.63, 3.8) is 0 Å². The molecule has 1 atom stereocenters. The summed E-state index contributed by atoms with van der Waals surface area (Å²) in [7, 11) is 0. The second kappa shape index (κ2) is 48.3. The van der Waals surface area contributed by atoms with Crippen molar-refractivity contribution in [3.8, 4) is 0 Å². The molecule has 0 aromatic heterocycles. The van der Waals surface area contributed by atoms with Gasteiger partial charge in [0.1, 0.15) is 13.2 Å². The number of carbonyl (C=O) groups excluding carboxylic acids is 3. The van der Waals surface area contributed by atoms with Crippen molar-refractivity contribution in [1.29, 1.82) is 0 Å². The van der Waals surface area contributed by atoms with Gasteiger partial charge in [0.2, 0.25) is 0 Å². The van der Waals surface area contributed by atoms with Crippen LogP contribution in [0.2, 0.25) is 0 Å². The first-order chi connectivity index (χ1) is 29.5. The molecule has 0 amide bonds. The van der Waals surface area contributed by atoms with E-state index in [0.717, 1.165) is 64.2 Å². The first kappa shape index (κ1) is 56.6. The monoisotopic (exact) mass is 835 g/mol. The Bertz CT molecular complexity index is 1190. The van der Waals surface area contributed by atoms with Gasteiger partial charge in [-0.15, -0.1) is 0 Å². The maximum Gasteiger partial charge on any atom is 0.306 e. The molecule has 0 saturated carbocycles. The Kier molecular flexibility index (Phi) is 45.5. The molecule has 0 aliphatic rings. The van der Waals surface area contributed by atoms with Crippen molar-refractivity contribution in [3.05, 3.63) is 85.1 Å². The van der Waals surface area contributed by atoms with Crippen LogP contribution in [0.5, 0.6) is 0 Å². The van der Waals surface area contributed by atoms with E-state index in [-0.39, 0.29) is 37.5 Å². The lowest BCUT2D eigenvalue weighted by atomic mass is 10.0. The highest BCUT2D eigenvalue weighted by Crippen LogP contribution is 2.14. The van der Waals surface area contributed by atoms with E-state index in [1.165, 1.54) is 109 Å². The van der Waals surface area contributed by atoms with Gasteiger partial charge >= 0.3 is 17.9 Å². The van der Waals surface area contributed by atoms with Gasteiger partial charge in [-0.25, -0.2) is 0 Å². The van der Waals surface area contributed by atoms with E-state index < -0.39 is 6.10 Å². The zero-order chi connectivity index (χ0) is 43.7. The van der Waals surface area contributed by atoms with Gasteiger partial charge in [0.15, 0.2) is 6.10 Å². The van der Waals surface area contributed by atoms with Crippen LogP contribution in [0.4, 0.5) is 0 Å². The molecule has 0 spiro atoms. The average molecular weight is 835 g/mol. The van der Waals surface area contributed by atoms with Crippen molar-refractivity contribution < 1.29 is 28.6 Å². The van der Waals surface area contributed by atoms with E-state index >= 15 is 0 Å². The van der Waals surface area contributed by atoms with Crippen molar-refractivity contribution >= 4 is 17.9 Å². The molecular formula is C54H90O6. The zero-order valence-electron chi connectivity index (χ0n) is 38.9. The van der Waals surface area contributed by atoms with E-state index in [0.29, 0.717) is 19.3 Å². The maximum atomic E-state index is 12.7. The van der Waals surface area contributed by atoms with Gasteiger partial charge in [-0.05, 0) is 57.8 Å². The van der Waals surface area contributed by atoms with Crippen LogP contribution >= 0.6 is 0 Å². The molecule has 0 heterocycles. The second-order valence-electron chi connectivity index (χ2n) is 16.1. The molecule has 6 nitrogen and oxygen atoms in total. The summed E-state index contributed by atoms with van der Waals surface area (Å²) < 4.78 is 16.7. The molecule has 0 fully saturated rings. The summed E-state index contributed by atoms with van der Waals surface area (Å²) in [4.78, 5) is 37.8. The minimum Gasteiger partial charge on any atom is -0.462 e. The Morgan fingerprint density at radius 2 is 0.667 bits per heavy atom. The molecule has 60 heavy (non-hydrogen) atoms. The Hall–Kier alpha value is -3.41. The third-order valence-electron chi connectivity index (χ3n) is 10.3. The Balaban J connectivity index is 4.52. The van der Waals surface area contributed by atoms with Gasteiger partial charge in [0.25, 0.3) is 0 Å². The highest BCUT2D eigenvalue weighted by molar-refractivity contribution is 5.71. The van der Waals surface area contributed by atoms with Crippen LogP contribution in [0.3, 0.4) is 0 Å². The van der Waals surface area contributed by atoms with Gasteiger partial charge in [0, 0.05) is 19.3 Å². The van der Waals surface area contributed by atoms with Crippen molar-refractivity contribution in [2.24, 2.45) is 0 Å². The number of hydrogen-bond acceptors (Lipinski definition) is 6. The first-order valence-corrected chi connectivity index (χ1v) is 24.7. The van der Waals surface area contributed by atoms with E-state index in [1.54, 1.807) is 0 Å². The number of ether oxygens (including phenoxy) is 3. The van der Waals surface area contributed by atoms with Crippen LogP contribution in [-0.4, -0.2) is 37.2 Å². The van der Waals surface area contributed by atoms with Crippen LogP contribution in [0.15, 0.2) is 85.1 Å². The highest BCUT2D eigenvalue weighted by Gasteiger charge is 2.19. The lowest BCUT2D eigenvalue weighted by Gasteiger charge is -2.18. The largest absolute Gasteiger partial charge is 0.462 e. The predicted octanol–water partition coefficient (Wildman–Crippen LogP) is 16.0. The number of unbranched alkanes of at least 4 members (excludes halogenated alkanes) is 23. The molecule has 0 saturated heterocycles. The van der Waals surface area contributed by atoms with Gasteiger partial charge in [-0.3, -0.25) is 14.4 Å². The van der Waals surface area contributed by atoms with E-state index in [2.05, 4.69) is 51.2 Å². The molecular weight excluding hydrogens is 745 g/mol. The molecule has 0 bridgehead atoms. The summed E-state index contributed by atoms with van der Waals surface area (Å²) in [6, 6.07) is 0.